The van der Waals surface area contributed by atoms with Crippen LogP contribution in [0.2, 0.25) is 0 Å². The van der Waals surface area contributed by atoms with Crippen LogP contribution in [0.4, 0.5) is 5.13 Å². The van der Waals surface area contributed by atoms with Crippen molar-refractivity contribution < 1.29 is 13.6 Å². The number of thiazole rings is 1. The van der Waals surface area contributed by atoms with Gasteiger partial charge in [-0.05, 0) is 48.9 Å². The molecule has 1 amide bonds. The molecule has 6 rings (SSSR count). The zero-order chi connectivity index (χ0) is 25.5. The van der Waals surface area contributed by atoms with Crippen molar-refractivity contribution in [2.75, 3.05) is 5.01 Å². The molecule has 0 unspecified atom stereocenters. The standard InChI is InChI=1S/C28H17N3O5S/c1-16-10-11-21-24(12-16)37-28(30-21)31(26(33)20-13-17-6-2-4-8-22(17)36-27(20)34)29-14-18-15-35-23-9-5-3-7-19(23)25(18)32/h2-15H,1H3/b29-14+. The van der Waals surface area contributed by atoms with Crippen molar-refractivity contribution in [1.29, 1.82) is 0 Å². The number of amides is 1. The van der Waals surface area contributed by atoms with Crippen molar-refractivity contribution >= 4 is 60.7 Å². The highest BCUT2D eigenvalue weighted by Gasteiger charge is 2.25. The van der Waals surface area contributed by atoms with Crippen LogP contribution in [-0.2, 0) is 0 Å². The van der Waals surface area contributed by atoms with Crippen LogP contribution >= 0.6 is 11.3 Å². The van der Waals surface area contributed by atoms with Gasteiger partial charge in [-0.1, -0.05) is 47.7 Å². The lowest BCUT2D eigenvalue weighted by atomic mass is 10.2. The van der Waals surface area contributed by atoms with E-state index in [1.54, 1.807) is 48.5 Å². The summed E-state index contributed by atoms with van der Waals surface area (Å²) in [6.45, 7) is 1.96. The molecule has 180 valence electrons. The summed E-state index contributed by atoms with van der Waals surface area (Å²) in [6, 6.07) is 20.9. The fourth-order valence-corrected chi connectivity index (χ4v) is 4.95. The van der Waals surface area contributed by atoms with Crippen LogP contribution in [0.1, 0.15) is 21.5 Å². The number of aromatic nitrogens is 1. The van der Waals surface area contributed by atoms with Crippen LogP contribution in [0.25, 0.3) is 32.2 Å². The molecule has 0 fully saturated rings. The van der Waals surface area contributed by atoms with Gasteiger partial charge in [0.05, 0.1) is 27.4 Å². The van der Waals surface area contributed by atoms with Gasteiger partial charge in [0.1, 0.15) is 23.0 Å². The highest BCUT2D eigenvalue weighted by Crippen LogP contribution is 2.30. The maximum atomic E-state index is 13.7. The van der Waals surface area contributed by atoms with Gasteiger partial charge in [-0.2, -0.15) is 10.1 Å². The molecule has 0 aliphatic carbocycles. The SMILES string of the molecule is Cc1ccc2nc(N(/N=C/c3coc4ccccc4c3=O)C(=O)c3cc4ccccc4oc3=O)sc2c1. The Kier molecular flexibility index (Phi) is 5.46. The summed E-state index contributed by atoms with van der Waals surface area (Å²) >= 11 is 1.24. The van der Waals surface area contributed by atoms with E-state index in [0.29, 0.717) is 27.5 Å². The van der Waals surface area contributed by atoms with E-state index in [9.17, 15) is 14.4 Å². The second-order valence-corrected chi connectivity index (χ2v) is 9.34. The fraction of sp³-hybridized carbons (Fsp3) is 0.0357. The third kappa shape index (κ3) is 4.11. The second-order valence-electron chi connectivity index (χ2n) is 8.33. The molecule has 0 aliphatic heterocycles. The Balaban J connectivity index is 1.49. The minimum absolute atomic E-state index is 0.138. The Hall–Kier alpha value is -4.89. The van der Waals surface area contributed by atoms with Gasteiger partial charge in [0.15, 0.2) is 0 Å². The molecule has 0 saturated heterocycles. The summed E-state index contributed by atoms with van der Waals surface area (Å²) in [5.41, 5.74) is 1.34. The van der Waals surface area contributed by atoms with E-state index in [-0.39, 0.29) is 21.7 Å². The maximum Gasteiger partial charge on any atom is 0.349 e. The second kappa shape index (κ2) is 8.96. The number of anilines is 1. The van der Waals surface area contributed by atoms with Gasteiger partial charge < -0.3 is 8.83 Å². The highest BCUT2D eigenvalue weighted by molar-refractivity contribution is 7.22. The Bertz CT molecular complexity index is 1990. The van der Waals surface area contributed by atoms with Crippen LogP contribution in [-0.4, -0.2) is 17.1 Å². The molecular formula is C28H17N3O5S. The molecule has 0 bridgehead atoms. The normalized spacial score (nSPS) is 11.6. The van der Waals surface area contributed by atoms with E-state index in [1.807, 2.05) is 25.1 Å². The Morgan fingerprint density at radius 2 is 1.78 bits per heavy atom. The highest BCUT2D eigenvalue weighted by atomic mass is 32.1. The zero-order valence-electron chi connectivity index (χ0n) is 19.4. The quantitative estimate of drug-likeness (QED) is 0.177. The summed E-state index contributed by atoms with van der Waals surface area (Å²) in [5.74, 6) is -0.739. The number of hydrazone groups is 1. The average Bonchev–Trinajstić information content (AvgIpc) is 3.32. The molecule has 0 N–H and O–H groups in total. The first-order valence-electron chi connectivity index (χ1n) is 11.3. The Morgan fingerprint density at radius 1 is 1.00 bits per heavy atom. The van der Waals surface area contributed by atoms with Crippen molar-refractivity contribution in [2.24, 2.45) is 5.10 Å². The third-order valence-electron chi connectivity index (χ3n) is 5.80. The summed E-state index contributed by atoms with van der Waals surface area (Å²) in [4.78, 5) is 44.0. The van der Waals surface area contributed by atoms with Crippen molar-refractivity contribution in [1.82, 2.24) is 4.98 Å². The molecule has 3 aromatic heterocycles. The molecule has 6 aromatic rings. The van der Waals surface area contributed by atoms with Crippen LogP contribution in [0, 0.1) is 6.92 Å². The molecule has 0 saturated carbocycles. The number of para-hydroxylation sites is 2. The summed E-state index contributed by atoms with van der Waals surface area (Å²) in [6.07, 6.45) is 2.51. The predicted octanol–water partition coefficient (Wildman–Crippen LogP) is 5.50. The fourth-order valence-electron chi connectivity index (χ4n) is 3.93. The van der Waals surface area contributed by atoms with Crippen LogP contribution in [0.5, 0.6) is 0 Å². The van der Waals surface area contributed by atoms with Gasteiger partial charge in [-0.25, -0.2) is 9.78 Å². The molecule has 8 nitrogen and oxygen atoms in total. The van der Waals surface area contributed by atoms with Crippen LogP contribution in [0.15, 0.2) is 103 Å². The minimum Gasteiger partial charge on any atom is -0.463 e. The molecule has 0 aliphatic rings. The smallest absolute Gasteiger partial charge is 0.349 e. The third-order valence-corrected chi connectivity index (χ3v) is 6.79. The zero-order valence-corrected chi connectivity index (χ0v) is 20.2. The predicted molar refractivity (Wildman–Crippen MR) is 144 cm³/mol. The van der Waals surface area contributed by atoms with Crippen LogP contribution < -0.4 is 16.1 Å². The number of carbonyl (C=O) groups is 1. The average molecular weight is 508 g/mol. The van der Waals surface area contributed by atoms with Crippen molar-refractivity contribution in [3.63, 3.8) is 0 Å². The number of carbonyl (C=O) groups excluding carboxylic acids is 1. The summed E-state index contributed by atoms with van der Waals surface area (Å²) in [5, 5.41) is 6.53. The number of nitrogens with zero attached hydrogens (tertiary/aromatic N) is 3. The van der Waals surface area contributed by atoms with Gasteiger partial charge in [-0.15, -0.1) is 0 Å². The number of aryl methyl sites for hydroxylation is 1. The summed E-state index contributed by atoms with van der Waals surface area (Å²) < 4.78 is 11.8. The van der Waals surface area contributed by atoms with Gasteiger partial charge in [0.2, 0.25) is 10.6 Å². The van der Waals surface area contributed by atoms with E-state index >= 15 is 0 Å². The largest absolute Gasteiger partial charge is 0.463 e. The number of rotatable bonds is 4. The van der Waals surface area contributed by atoms with E-state index in [2.05, 4.69) is 10.1 Å². The monoisotopic (exact) mass is 507 g/mol. The van der Waals surface area contributed by atoms with Gasteiger partial charge in [0.25, 0.3) is 5.91 Å². The van der Waals surface area contributed by atoms with E-state index < -0.39 is 11.5 Å². The first-order chi connectivity index (χ1) is 18.0. The number of benzene rings is 3. The molecule has 9 heteroatoms. The minimum atomic E-state index is -0.800. The maximum absolute atomic E-state index is 13.7. The lowest BCUT2D eigenvalue weighted by Gasteiger charge is -2.13. The molecule has 3 aromatic carbocycles. The van der Waals surface area contributed by atoms with Gasteiger partial charge >= 0.3 is 5.63 Å². The van der Waals surface area contributed by atoms with E-state index in [4.69, 9.17) is 8.83 Å². The molecular weight excluding hydrogens is 490 g/mol. The Labute approximate surface area is 212 Å². The lowest BCUT2D eigenvalue weighted by molar-refractivity contribution is 0.0984. The van der Waals surface area contributed by atoms with Crippen LogP contribution in [0.3, 0.4) is 0 Å². The topological polar surface area (TPSA) is 106 Å². The van der Waals surface area contributed by atoms with Crippen molar-refractivity contribution in [3.05, 3.63) is 116 Å². The number of fused-ring (bicyclic) bond motifs is 3. The molecule has 0 radical (unpaired) electrons. The van der Waals surface area contributed by atoms with Gasteiger partial charge in [0, 0.05) is 5.39 Å². The molecule has 3 heterocycles. The molecule has 0 spiro atoms. The Morgan fingerprint density at radius 3 is 2.65 bits per heavy atom. The first kappa shape index (κ1) is 22.6. The first-order valence-corrected chi connectivity index (χ1v) is 12.1. The van der Waals surface area contributed by atoms with Gasteiger partial charge in [-0.3, -0.25) is 9.59 Å². The van der Waals surface area contributed by atoms with E-state index in [0.717, 1.165) is 15.3 Å². The lowest BCUT2D eigenvalue weighted by Crippen LogP contribution is -2.30. The number of hydrogen-bond acceptors (Lipinski definition) is 8. The molecule has 0 atom stereocenters. The van der Waals surface area contributed by atoms with Crippen molar-refractivity contribution in [2.45, 2.75) is 6.92 Å². The molecule has 37 heavy (non-hydrogen) atoms. The summed E-state index contributed by atoms with van der Waals surface area (Å²) in [7, 11) is 0. The number of hydrogen-bond donors (Lipinski definition) is 0. The van der Waals surface area contributed by atoms with E-state index in [1.165, 1.54) is 29.9 Å². The van der Waals surface area contributed by atoms with Crippen molar-refractivity contribution in [3.8, 4) is 0 Å².